The normalized spacial score (nSPS) is 25.1. The Labute approximate surface area is 129 Å². The third kappa shape index (κ3) is 3.33. The van der Waals surface area contributed by atoms with Gasteiger partial charge in [0.15, 0.2) is 0 Å². The topological polar surface area (TPSA) is 21.3 Å². The summed E-state index contributed by atoms with van der Waals surface area (Å²) in [6.45, 7) is 8.21. The molecule has 2 atom stereocenters. The van der Waals surface area contributed by atoms with Crippen LogP contribution in [0.3, 0.4) is 0 Å². The predicted molar refractivity (Wildman–Crippen MR) is 83.6 cm³/mol. The van der Waals surface area contributed by atoms with E-state index in [1.165, 1.54) is 5.56 Å². The first kappa shape index (κ1) is 15.3. The maximum Gasteiger partial charge on any atom is 0.0655 e. The average molecular weight is 347 g/mol. The lowest BCUT2D eigenvalue weighted by atomic mass is 9.64. The quantitative estimate of drug-likeness (QED) is 0.853. The predicted octanol–water partition coefficient (Wildman–Crippen LogP) is 4.40. The van der Waals surface area contributed by atoms with Crippen LogP contribution < -0.4 is 5.32 Å². The Morgan fingerprint density at radius 3 is 2.84 bits per heavy atom. The maximum atomic E-state index is 6.03. The molecular formula is C15H21BrClNO. The summed E-state index contributed by atoms with van der Waals surface area (Å²) in [7, 11) is 0. The second-order valence-corrected chi connectivity index (χ2v) is 6.96. The molecule has 1 aliphatic carbocycles. The molecule has 1 aromatic rings. The Bertz CT molecular complexity index is 450. The van der Waals surface area contributed by atoms with E-state index in [9.17, 15) is 0 Å². The Morgan fingerprint density at radius 1 is 1.47 bits per heavy atom. The number of halogens is 2. The first-order chi connectivity index (χ1) is 8.95. The summed E-state index contributed by atoms with van der Waals surface area (Å²) in [5.41, 5.74) is 1.39. The van der Waals surface area contributed by atoms with E-state index in [1.54, 1.807) is 0 Å². The number of benzene rings is 1. The number of nitrogens with one attached hydrogen (secondary N) is 1. The first-order valence-electron chi connectivity index (χ1n) is 6.74. The number of hydrogen-bond acceptors (Lipinski definition) is 2. The fourth-order valence-electron chi connectivity index (χ4n) is 2.63. The molecule has 0 aromatic heterocycles. The van der Waals surface area contributed by atoms with Gasteiger partial charge in [-0.05, 0) is 37.1 Å². The van der Waals surface area contributed by atoms with E-state index in [1.807, 2.05) is 18.2 Å². The summed E-state index contributed by atoms with van der Waals surface area (Å²) in [4.78, 5) is 0. The van der Waals surface area contributed by atoms with Gasteiger partial charge in [-0.3, -0.25) is 0 Å². The van der Waals surface area contributed by atoms with Crippen LogP contribution >= 0.6 is 27.5 Å². The second-order valence-electron chi connectivity index (χ2n) is 5.67. The zero-order valence-electron chi connectivity index (χ0n) is 11.7. The van der Waals surface area contributed by atoms with Gasteiger partial charge in [-0.1, -0.05) is 41.4 Å². The molecule has 2 rings (SSSR count). The lowest BCUT2D eigenvalue weighted by Gasteiger charge is -2.52. The monoisotopic (exact) mass is 345 g/mol. The van der Waals surface area contributed by atoms with Gasteiger partial charge in [0.05, 0.1) is 6.10 Å². The molecule has 0 saturated heterocycles. The van der Waals surface area contributed by atoms with Crippen LogP contribution in [0.25, 0.3) is 0 Å². The molecule has 1 saturated carbocycles. The van der Waals surface area contributed by atoms with E-state index < -0.39 is 0 Å². The maximum absolute atomic E-state index is 6.03. The van der Waals surface area contributed by atoms with E-state index in [-0.39, 0.29) is 5.41 Å². The summed E-state index contributed by atoms with van der Waals surface area (Å²) in [6.07, 6.45) is 1.46. The summed E-state index contributed by atoms with van der Waals surface area (Å²) >= 11 is 9.59. The Kier molecular flexibility index (Phi) is 4.93. The summed E-state index contributed by atoms with van der Waals surface area (Å²) in [5, 5.41) is 4.39. The third-order valence-corrected chi connectivity index (χ3v) is 5.10. The van der Waals surface area contributed by atoms with Crippen molar-refractivity contribution in [2.24, 2.45) is 5.41 Å². The summed E-state index contributed by atoms with van der Waals surface area (Å²) < 4.78 is 6.85. The van der Waals surface area contributed by atoms with Crippen molar-refractivity contribution in [2.45, 2.75) is 45.9 Å². The molecule has 19 heavy (non-hydrogen) atoms. The smallest absolute Gasteiger partial charge is 0.0655 e. The minimum absolute atomic E-state index is 0.195. The zero-order valence-corrected chi connectivity index (χ0v) is 14.0. The molecule has 0 amide bonds. The van der Waals surface area contributed by atoms with Crippen LogP contribution in [0.2, 0.25) is 5.02 Å². The first-order valence-corrected chi connectivity index (χ1v) is 7.91. The van der Waals surface area contributed by atoms with Crippen molar-refractivity contribution < 1.29 is 4.74 Å². The summed E-state index contributed by atoms with van der Waals surface area (Å²) in [6, 6.07) is 6.39. The number of ether oxygens (including phenoxy) is 1. The van der Waals surface area contributed by atoms with Crippen LogP contribution in [0, 0.1) is 5.41 Å². The molecule has 0 bridgehead atoms. The highest BCUT2D eigenvalue weighted by atomic mass is 79.9. The lowest BCUT2D eigenvalue weighted by molar-refractivity contribution is -0.114. The van der Waals surface area contributed by atoms with Crippen molar-refractivity contribution in [3.63, 3.8) is 0 Å². The number of hydrogen-bond donors (Lipinski definition) is 1. The molecule has 0 heterocycles. The summed E-state index contributed by atoms with van der Waals surface area (Å²) in [5.74, 6) is 0. The standard InChI is InChI=1S/C15H21BrClNO/c1-4-19-14-8-13(15(14,2)3)18-9-10-7-11(17)5-6-12(10)16/h5-7,13-14,18H,4,8-9H2,1-3H3. The van der Waals surface area contributed by atoms with Crippen LogP contribution in [0.5, 0.6) is 0 Å². The zero-order chi connectivity index (χ0) is 14.0. The Hall–Kier alpha value is -0.0900. The van der Waals surface area contributed by atoms with Gasteiger partial charge in [0.1, 0.15) is 0 Å². The fourth-order valence-corrected chi connectivity index (χ4v) is 3.21. The van der Waals surface area contributed by atoms with Gasteiger partial charge in [0, 0.05) is 34.1 Å². The molecule has 0 spiro atoms. The van der Waals surface area contributed by atoms with E-state index in [0.29, 0.717) is 12.1 Å². The van der Waals surface area contributed by atoms with Crippen LogP contribution in [-0.2, 0) is 11.3 Å². The van der Waals surface area contributed by atoms with Crippen molar-refractivity contribution in [1.29, 1.82) is 0 Å². The molecule has 1 N–H and O–H groups in total. The van der Waals surface area contributed by atoms with Crippen molar-refractivity contribution in [2.75, 3.05) is 6.61 Å². The lowest BCUT2D eigenvalue weighted by Crippen LogP contribution is -2.60. The van der Waals surface area contributed by atoms with Gasteiger partial charge in [-0.15, -0.1) is 0 Å². The molecule has 2 nitrogen and oxygen atoms in total. The van der Waals surface area contributed by atoms with Gasteiger partial charge in [-0.2, -0.15) is 0 Å². The van der Waals surface area contributed by atoms with E-state index in [0.717, 1.165) is 29.1 Å². The van der Waals surface area contributed by atoms with Gasteiger partial charge in [0.2, 0.25) is 0 Å². The van der Waals surface area contributed by atoms with Crippen molar-refractivity contribution >= 4 is 27.5 Å². The Balaban J connectivity index is 1.92. The molecule has 1 fully saturated rings. The van der Waals surface area contributed by atoms with Crippen molar-refractivity contribution in [3.05, 3.63) is 33.3 Å². The van der Waals surface area contributed by atoms with Crippen LogP contribution in [0.15, 0.2) is 22.7 Å². The second kappa shape index (κ2) is 6.13. The van der Waals surface area contributed by atoms with Gasteiger partial charge in [-0.25, -0.2) is 0 Å². The highest BCUT2D eigenvalue weighted by Crippen LogP contribution is 2.42. The molecule has 0 radical (unpaired) electrons. The van der Waals surface area contributed by atoms with Crippen LogP contribution in [0.4, 0.5) is 0 Å². The minimum atomic E-state index is 0.195. The minimum Gasteiger partial charge on any atom is -0.378 e. The van der Waals surface area contributed by atoms with E-state index >= 15 is 0 Å². The SMILES string of the molecule is CCOC1CC(NCc2cc(Cl)ccc2Br)C1(C)C. The molecular weight excluding hydrogens is 326 g/mol. The van der Waals surface area contributed by atoms with Gasteiger partial charge < -0.3 is 10.1 Å². The van der Waals surface area contributed by atoms with E-state index in [4.69, 9.17) is 16.3 Å². The molecule has 1 aliphatic rings. The average Bonchev–Trinajstić information content (AvgIpc) is 2.36. The van der Waals surface area contributed by atoms with Gasteiger partial charge in [0.25, 0.3) is 0 Å². The highest BCUT2D eigenvalue weighted by molar-refractivity contribution is 9.10. The highest BCUT2D eigenvalue weighted by Gasteiger charge is 2.48. The molecule has 0 aliphatic heterocycles. The largest absolute Gasteiger partial charge is 0.378 e. The van der Waals surface area contributed by atoms with Gasteiger partial charge >= 0.3 is 0 Å². The molecule has 4 heteroatoms. The number of rotatable bonds is 5. The fraction of sp³-hybridized carbons (Fsp3) is 0.600. The van der Waals surface area contributed by atoms with E-state index in [2.05, 4.69) is 42.0 Å². The van der Waals surface area contributed by atoms with Crippen LogP contribution in [-0.4, -0.2) is 18.8 Å². The van der Waals surface area contributed by atoms with Crippen molar-refractivity contribution in [1.82, 2.24) is 5.32 Å². The molecule has 106 valence electrons. The molecule has 1 aromatic carbocycles. The molecule has 2 unspecified atom stereocenters. The Morgan fingerprint density at radius 2 is 2.21 bits per heavy atom. The van der Waals surface area contributed by atoms with Crippen molar-refractivity contribution in [3.8, 4) is 0 Å². The third-order valence-electron chi connectivity index (χ3n) is 4.09. The van der Waals surface area contributed by atoms with Crippen LogP contribution in [0.1, 0.15) is 32.8 Å².